The number of amides is 2. The Labute approximate surface area is 165 Å². The number of hydrogen-bond acceptors (Lipinski definition) is 4. The number of rotatable bonds is 5. The van der Waals surface area contributed by atoms with E-state index in [1.165, 1.54) is 12.1 Å². The Hall–Kier alpha value is -3.71. The number of anilines is 2. The maximum atomic E-state index is 12.6. The van der Waals surface area contributed by atoms with E-state index in [-0.39, 0.29) is 27.5 Å². The number of hydrogen-bond donors (Lipinski definition) is 2. The number of carbonyl (C=O) groups is 2. The maximum Gasteiger partial charge on any atom is 0.288 e. The van der Waals surface area contributed by atoms with Gasteiger partial charge in [-0.2, -0.15) is 0 Å². The molecule has 0 bridgehead atoms. The van der Waals surface area contributed by atoms with Crippen molar-refractivity contribution in [3.63, 3.8) is 0 Å². The highest BCUT2D eigenvalue weighted by Gasteiger charge is 2.18. The van der Waals surface area contributed by atoms with Gasteiger partial charge in [0.05, 0.1) is 16.2 Å². The molecule has 0 saturated heterocycles. The van der Waals surface area contributed by atoms with E-state index in [0.29, 0.717) is 5.69 Å². The highest BCUT2D eigenvalue weighted by molar-refractivity contribution is 6.32. The second kappa shape index (κ2) is 8.32. The highest BCUT2D eigenvalue weighted by Crippen LogP contribution is 2.26. The van der Waals surface area contributed by atoms with Crippen LogP contribution in [-0.4, -0.2) is 16.7 Å². The first-order valence-electron chi connectivity index (χ1n) is 8.16. The lowest BCUT2D eigenvalue weighted by molar-refractivity contribution is -0.384. The molecule has 0 aliphatic carbocycles. The zero-order valence-electron chi connectivity index (χ0n) is 14.4. The summed E-state index contributed by atoms with van der Waals surface area (Å²) in [6.45, 7) is 0. The van der Waals surface area contributed by atoms with E-state index in [2.05, 4.69) is 10.6 Å². The Balaban J connectivity index is 1.83. The van der Waals surface area contributed by atoms with Gasteiger partial charge in [-0.05, 0) is 36.4 Å². The van der Waals surface area contributed by atoms with Crippen LogP contribution >= 0.6 is 11.6 Å². The third kappa shape index (κ3) is 4.33. The molecule has 0 radical (unpaired) electrons. The van der Waals surface area contributed by atoms with Crippen molar-refractivity contribution in [3.8, 4) is 0 Å². The topological polar surface area (TPSA) is 101 Å². The lowest BCUT2D eigenvalue weighted by Gasteiger charge is -2.11. The first-order chi connectivity index (χ1) is 13.5. The fourth-order valence-electron chi connectivity index (χ4n) is 2.50. The van der Waals surface area contributed by atoms with E-state index in [4.69, 9.17) is 11.6 Å². The molecule has 0 saturated carbocycles. The van der Waals surface area contributed by atoms with Crippen molar-refractivity contribution in [2.24, 2.45) is 0 Å². The zero-order valence-corrected chi connectivity index (χ0v) is 15.1. The maximum absolute atomic E-state index is 12.6. The number of nitro groups is 1. The fourth-order valence-corrected chi connectivity index (χ4v) is 2.68. The van der Waals surface area contributed by atoms with Crippen molar-refractivity contribution in [3.05, 3.63) is 99.1 Å². The third-order valence-corrected chi connectivity index (χ3v) is 4.18. The molecule has 0 unspecified atom stereocenters. The zero-order chi connectivity index (χ0) is 20.1. The van der Waals surface area contributed by atoms with Crippen molar-refractivity contribution in [1.29, 1.82) is 0 Å². The molecule has 7 nitrogen and oxygen atoms in total. The van der Waals surface area contributed by atoms with Crippen molar-refractivity contribution in [1.82, 2.24) is 0 Å². The van der Waals surface area contributed by atoms with Gasteiger partial charge in [-0.15, -0.1) is 0 Å². The average molecular weight is 396 g/mol. The van der Waals surface area contributed by atoms with Crippen molar-refractivity contribution in [2.45, 2.75) is 0 Å². The monoisotopic (exact) mass is 395 g/mol. The van der Waals surface area contributed by atoms with Crippen LogP contribution < -0.4 is 10.6 Å². The molecule has 2 N–H and O–H groups in total. The number of benzene rings is 3. The predicted molar refractivity (Wildman–Crippen MR) is 107 cm³/mol. The van der Waals surface area contributed by atoms with Crippen LogP contribution in [0.1, 0.15) is 20.7 Å². The number of carbonyl (C=O) groups excluding carboxylic acids is 2. The second-order valence-corrected chi connectivity index (χ2v) is 6.15. The lowest BCUT2D eigenvalue weighted by Crippen LogP contribution is -2.18. The summed E-state index contributed by atoms with van der Waals surface area (Å²) >= 11 is 5.77. The molecule has 28 heavy (non-hydrogen) atoms. The molecule has 8 heteroatoms. The summed E-state index contributed by atoms with van der Waals surface area (Å²) in [6, 6.07) is 19.1. The lowest BCUT2D eigenvalue weighted by atomic mass is 10.1. The summed E-state index contributed by atoms with van der Waals surface area (Å²) in [5, 5.41) is 16.3. The van der Waals surface area contributed by atoms with Crippen LogP contribution in [-0.2, 0) is 0 Å². The molecule has 3 aromatic rings. The summed E-state index contributed by atoms with van der Waals surface area (Å²) in [5.41, 5.74) is 0.822. The van der Waals surface area contributed by atoms with E-state index in [9.17, 15) is 19.7 Å². The third-order valence-electron chi connectivity index (χ3n) is 3.86. The van der Waals surface area contributed by atoms with Crippen LogP contribution in [0.15, 0.2) is 72.8 Å². The molecule has 0 spiro atoms. The van der Waals surface area contributed by atoms with Gasteiger partial charge in [0.2, 0.25) is 0 Å². The molecule has 3 aromatic carbocycles. The molecule has 0 heterocycles. The van der Waals surface area contributed by atoms with E-state index < -0.39 is 16.7 Å². The van der Waals surface area contributed by atoms with Crippen LogP contribution in [0.3, 0.4) is 0 Å². The molecule has 0 aliphatic rings. The Morgan fingerprint density at radius 1 is 0.857 bits per heavy atom. The SMILES string of the molecule is O=C(Nc1ccccc1C(=O)Nc1ccccc1)c1ccc(Cl)c([N+](=O)[O-])c1. The number of nitrogens with one attached hydrogen (secondary N) is 2. The van der Waals surface area contributed by atoms with Gasteiger partial charge in [-0.25, -0.2) is 0 Å². The average Bonchev–Trinajstić information content (AvgIpc) is 2.69. The van der Waals surface area contributed by atoms with Crippen LogP contribution in [0.4, 0.5) is 17.1 Å². The largest absolute Gasteiger partial charge is 0.322 e. The van der Waals surface area contributed by atoms with E-state index in [0.717, 1.165) is 6.07 Å². The molecule has 0 fully saturated rings. The Morgan fingerprint density at radius 3 is 2.25 bits per heavy atom. The van der Waals surface area contributed by atoms with E-state index in [1.807, 2.05) is 6.07 Å². The standard InChI is InChI=1S/C20H14ClN3O4/c21-16-11-10-13(12-18(16)24(27)28)19(25)23-17-9-5-4-8-15(17)20(26)22-14-6-2-1-3-7-14/h1-12H,(H,22,26)(H,23,25). The van der Waals surface area contributed by atoms with Crippen LogP contribution in [0, 0.1) is 10.1 Å². The first-order valence-corrected chi connectivity index (χ1v) is 8.54. The van der Waals surface area contributed by atoms with Gasteiger partial charge < -0.3 is 10.6 Å². The minimum atomic E-state index is -0.666. The molecule has 2 amide bonds. The van der Waals surface area contributed by atoms with Crippen molar-refractivity contribution >= 4 is 40.5 Å². The first kappa shape index (κ1) is 19.1. The normalized spacial score (nSPS) is 10.2. The van der Waals surface area contributed by atoms with E-state index in [1.54, 1.807) is 48.5 Å². The van der Waals surface area contributed by atoms with Crippen molar-refractivity contribution in [2.75, 3.05) is 10.6 Å². The molecular formula is C20H14ClN3O4. The van der Waals surface area contributed by atoms with Gasteiger partial charge in [-0.3, -0.25) is 19.7 Å². The van der Waals surface area contributed by atoms with E-state index >= 15 is 0 Å². The second-order valence-electron chi connectivity index (χ2n) is 5.74. The van der Waals surface area contributed by atoms with Crippen LogP contribution in [0.25, 0.3) is 0 Å². The number of halogens is 1. The summed E-state index contributed by atoms with van der Waals surface area (Å²) in [4.78, 5) is 35.4. The Kier molecular flexibility index (Phi) is 5.67. The summed E-state index contributed by atoms with van der Waals surface area (Å²) in [6.07, 6.45) is 0. The molecular weight excluding hydrogens is 382 g/mol. The quantitative estimate of drug-likeness (QED) is 0.480. The van der Waals surface area contributed by atoms with Gasteiger partial charge in [0.1, 0.15) is 5.02 Å². The van der Waals surface area contributed by atoms with Crippen molar-refractivity contribution < 1.29 is 14.5 Å². The summed E-state index contributed by atoms with van der Waals surface area (Å²) in [7, 11) is 0. The summed E-state index contributed by atoms with van der Waals surface area (Å²) < 4.78 is 0. The smallest absolute Gasteiger partial charge is 0.288 e. The van der Waals surface area contributed by atoms with Gasteiger partial charge in [0.25, 0.3) is 17.5 Å². The fraction of sp³-hybridized carbons (Fsp3) is 0. The summed E-state index contributed by atoms with van der Waals surface area (Å²) in [5.74, 6) is -0.996. The van der Waals surface area contributed by atoms with Gasteiger partial charge >= 0.3 is 0 Å². The Morgan fingerprint density at radius 2 is 1.54 bits per heavy atom. The molecule has 140 valence electrons. The minimum absolute atomic E-state index is 0.0503. The van der Waals surface area contributed by atoms with Gasteiger partial charge in [-0.1, -0.05) is 41.9 Å². The number of nitrogens with zero attached hydrogens (tertiary/aromatic N) is 1. The predicted octanol–water partition coefficient (Wildman–Crippen LogP) is 4.75. The molecule has 0 atom stereocenters. The highest BCUT2D eigenvalue weighted by atomic mass is 35.5. The van der Waals surface area contributed by atoms with Crippen LogP contribution in [0.5, 0.6) is 0 Å². The minimum Gasteiger partial charge on any atom is -0.322 e. The van der Waals surface area contributed by atoms with Gasteiger partial charge in [0.15, 0.2) is 0 Å². The van der Waals surface area contributed by atoms with Crippen LogP contribution in [0.2, 0.25) is 5.02 Å². The molecule has 3 rings (SSSR count). The molecule has 0 aliphatic heterocycles. The number of para-hydroxylation sites is 2. The Bertz CT molecular complexity index is 1050. The number of nitro benzene ring substituents is 1. The molecule has 0 aromatic heterocycles. The van der Waals surface area contributed by atoms with Gasteiger partial charge in [0, 0.05) is 17.3 Å².